The molecule has 12 heteroatoms. The van der Waals surface area contributed by atoms with Crippen LogP contribution in [0.25, 0.3) is 0 Å². The number of fused-ring (bicyclic) bond motifs is 1. The number of carbonyl (C=O) groups is 2. The molecule has 1 atom stereocenters. The fourth-order valence-electron chi connectivity index (χ4n) is 5.21. The van der Waals surface area contributed by atoms with Crippen molar-refractivity contribution in [3.63, 3.8) is 0 Å². The summed E-state index contributed by atoms with van der Waals surface area (Å²) >= 11 is 0. The van der Waals surface area contributed by atoms with Gasteiger partial charge < -0.3 is 19.7 Å². The molecule has 4 aromatic carbocycles. The van der Waals surface area contributed by atoms with Crippen LogP contribution in [0.5, 0.6) is 11.5 Å². The predicted octanol–water partition coefficient (Wildman–Crippen LogP) is 5.34. The summed E-state index contributed by atoms with van der Waals surface area (Å²) < 4.78 is 68.4. The van der Waals surface area contributed by atoms with Gasteiger partial charge in [0.1, 0.15) is 37.4 Å². The van der Waals surface area contributed by atoms with E-state index in [9.17, 15) is 26.8 Å². The van der Waals surface area contributed by atoms with Gasteiger partial charge in [-0.05, 0) is 65.6 Å². The Hall–Kier alpha value is -4.97. The Morgan fingerprint density at radius 2 is 1.44 bits per heavy atom. The van der Waals surface area contributed by atoms with Crippen molar-refractivity contribution in [2.75, 3.05) is 30.6 Å². The molecule has 252 valence electrons. The molecule has 1 aliphatic heterocycles. The minimum absolute atomic E-state index is 0.0326. The predicted molar refractivity (Wildman–Crippen MR) is 177 cm³/mol. The third kappa shape index (κ3) is 8.48. The maximum Gasteiger partial charge on any atom is 0.264 e. The number of halogens is 2. The SMILES string of the molecule is CC(C)CNC(=O)[C@H](Cc1ccccc1)N(Cc1ccc(F)cc1)C(=O)CN(c1ccc(F)cc1)S(=O)(=O)c1ccc2c(c1)OCCO2. The van der Waals surface area contributed by atoms with Gasteiger partial charge in [-0.25, -0.2) is 17.2 Å². The van der Waals surface area contributed by atoms with Crippen LogP contribution in [-0.4, -0.2) is 57.5 Å². The van der Waals surface area contributed by atoms with Crippen molar-refractivity contribution in [3.8, 4) is 11.5 Å². The molecule has 0 bridgehead atoms. The van der Waals surface area contributed by atoms with Crippen LogP contribution in [0.4, 0.5) is 14.5 Å². The molecule has 0 fully saturated rings. The molecule has 2 amide bonds. The van der Waals surface area contributed by atoms with E-state index in [-0.39, 0.29) is 41.8 Å². The zero-order chi connectivity index (χ0) is 34.3. The zero-order valence-electron chi connectivity index (χ0n) is 26.6. The summed E-state index contributed by atoms with van der Waals surface area (Å²) in [7, 11) is -4.46. The fourth-order valence-corrected chi connectivity index (χ4v) is 6.64. The van der Waals surface area contributed by atoms with Gasteiger partial charge in [-0.3, -0.25) is 13.9 Å². The topological polar surface area (TPSA) is 105 Å². The third-order valence-electron chi connectivity index (χ3n) is 7.72. The van der Waals surface area contributed by atoms with E-state index in [1.165, 1.54) is 59.5 Å². The Labute approximate surface area is 279 Å². The molecule has 0 aromatic heterocycles. The van der Waals surface area contributed by atoms with Gasteiger partial charge >= 0.3 is 0 Å². The number of rotatable bonds is 13. The van der Waals surface area contributed by atoms with E-state index in [1.54, 1.807) is 0 Å². The number of sulfonamides is 1. The molecular weight excluding hydrogens is 640 g/mol. The number of hydrogen-bond acceptors (Lipinski definition) is 6. The highest BCUT2D eigenvalue weighted by molar-refractivity contribution is 7.92. The van der Waals surface area contributed by atoms with Crippen molar-refractivity contribution in [2.45, 2.75) is 37.8 Å². The quantitative estimate of drug-likeness (QED) is 0.205. The molecule has 0 aliphatic carbocycles. The van der Waals surface area contributed by atoms with E-state index in [4.69, 9.17) is 9.47 Å². The molecule has 0 saturated carbocycles. The lowest BCUT2D eigenvalue weighted by atomic mass is 10.0. The largest absolute Gasteiger partial charge is 0.486 e. The van der Waals surface area contributed by atoms with Gasteiger partial charge in [0.15, 0.2) is 11.5 Å². The van der Waals surface area contributed by atoms with Crippen LogP contribution in [-0.2, 0) is 32.6 Å². The van der Waals surface area contributed by atoms with Crippen LogP contribution in [0.1, 0.15) is 25.0 Å². The van der Waals surface area contributed by atoms with Crippen molar-refractivity contribution < 1.29 is 36.3 Å². The first-order valence-corrected chi connectivity index (χ1v) is 17.0. The normalized spacial score (nSPS) is 13.1. The van der Waals surface area contributed by atoms with Gasteiger partial charge in [0.05, 0.1) is 10.6 Å². The lowest BCUT2D eigenvalue weighted by molar-refractivity contribution is -0.140. The highest BCUT2D eigenvalue weighted by Crippen LogP contribution is 2.34. The molecule has 0 saturated heterocycles. The maximum atomic E-state index is 14.5. The van der Waals surface area contributed by atoms with Crippen LogP contribution >= 0.6 is 0 Å². The average Bonchev–Trinajstić information content (AvgIpc) is 3.09. The second-order valence-corrected chi connectivity index (χ2v) is 13.6. The van der Waals surface area contributed by atoms with Crippen molar-refractivity contribution in [2.24, 2.45) is 5.92 Å². The maximum absolute atomic E-state index is 14.5. The molecule has 0 spiro atoms. The lowest BCUT2D eigenvalue weighted by Crippen LogP contribution is -2.53. The second-order valence-electron chi connectivity index (χ2n) is 11.8. The Morgan fingerprint density at radius 3 is 2.08 bits per heavy atom. The van der Waals surface area contributed by atoms with Gasteiger partial charge in [0.25, 0.3) is 10.0 Å². The van der Waals surface area contributed by atoms with Gasteiger partial charge in [-0.15, -0.1) is 0 Å². The van der Waals surface area contributed by atoms with E-state index in [0.29, 0.717) is 24.5 Å². The Morgan fingerprint density at radius 1 is 0.812 bits per heavy atom. The first-order valence-electron chi connectivity index (χ1n) is 15.5. The van der Waals surface area contributed by atoms with Crippen LogP contribution in [0, 0.1) is 17.6 Å². The summed E-state index contributed by atoms with van der Waals surface area (Å²) in [5, 5.41) is 2.92. The number of nitrogens with one attached hydrogen (secondary N) is 1. The summed E-state index contributed by atoms with van der Waals surface area (Å²) in [5.41, 5.74) is 1.34. The number of nitrogens with zero attached hydrogens (tertiary/aromatic N) is 2. The number of benzene rings is 4. The van der Waals surface area contributed by atoms with E-state index >= 15 is 0 Å². The molecule has 0 radical (unpaired) electrons. The molecule has 9 nitrogen and oxygen atoms in total. The van der Waals surface area contributed by atoms with Crippen molar-refractivity contribution in [1.29, 1.82) is 0 Å². The molecular formula is C36H37F2N3O6S. The van der Waals surface area contributed by atoms with Gasteiger partial charge in [0.2, 0.25) is 11.8 Å². The van der Waals surface area contributed by atoms with Crippen molar-refractivity contribution in [1.82, 2.24) is 10.2 Å². The smallest absolute Gasteiger partial charge is 0.264 e. The Balaban J connectivity index is 1.56. The van der Waals surface area contributed by atoms with Crippen LogP contribution in [0.15, 0.2) is 102 Å². The number of anilines is 1. The standard InChI is InChI=1S/C36H37F2N3O6S/c1-25(2)22-39-36(43)32(20-26-6-4-3-5-7-26)40(23-27-8-10-28(37)11-9-27)35(42)24-41(30-14-12-29(38)13-15-30)48(44,45)31-16-17-33-34(21-31)47-19-18-46-33/h3-17,21,25,32H,18-20,22-24H2,1-2H3,(H,39,43)/t32-/m0/s1. The minimum atomic E-state index is -4.46. The Kier molecular flexibility index (Phi) is 10.9. The number of hydrogen-bond donors (Lipinski definition) is 1. The highest BCUT2D eigenvalue weighted by Gasteiger charge is 2.35. The van der Waals surface area contributed by atoms with E-state index in [0.717, 1.165) is 22.0 Å². The Bertz CT molecular complexity index is 1820. The molecule has 0 unspecified atom stereocenters. The number of carbonyl (C=O) groups excluding carboxylic acids is 2. The van der Waals surface area contributed by atoms with Crippen LogP contribution in [0.2, 0.25) is 0 Å². The third-order valence-corrected chi connectivity index (χ3v) is 9.49. The van der Waals surface area contributed by atoms with Gasteiger partial charge in [-0.1, -0.05) is 56.3 Å². The monoisotopic (exact) mass is 677 g/mol. The van der Waals surface area contributed by atoms with Crippen molar-refractivity contribution in [3.05, 3.63) is 120 Å². The zero-order valence-corrected chi connectivity index (χ0v) is 27.5. The lowest BCUT2D eigenvalue weighted by Gasteiger charge is -2.34. The molecule has 1 heterocycles. The van der Waals surface area contributed by atoms with E-state index in [1.807, 2.05) is 44.2 Å². The minimum Gasteiger partial charge on any atom is -0.486 e. The summed E-state index contributed by atoms with van der Waals surface area (Å²) in [6.07, 6.45) is 0.128. The summed E-state index contributed by atoms with van der Waals surface area (Å²) in [5.74, 6) is -1.46. The molecule has 5 rings (SSSR count). The fraction of sp³-hybridized carbons (Fsp3) is 0.278. The molecule has 1 aliphatic rings. The van der Waals surface area contributed by atoms with E-state index in [2.05, 4.69) is 5.32 Å². The second kappa shape index (κ2) is 15.3. The van der Waals surface area contributed by atoms with Crippen LogP contribution < -0.4 is 19.1 Å². The van der Waals surface area contributed by atoms with Gasteiger partial charge in [-0.2, -0.15) is 0 Å². The summed E-state index contributed by atoms with van der Waals surface area (Å²) in [6.45, 7) is 3.93. The number of amides is 2. The average molecular weight is 678 g/mol. The summed E-state index contributed by atoms with van der Waals surface area (Å²) in [4.78, 5) is 29.5. The molecule has 48 heavy (non-hydrogen) atoms. The first-order chi connectivity index (χ1) is 23.0. The first kappa shape index (κ1) is 34.4. The summed E-state index contributed by atoms with van der Waals surface area (Å²) in [6, 6.07) is 22.5. The number of ether oxygens (including phenoxy) is 2. The molecule has 4 aromatic rings. The van der Waals surface area contributed by atoms with Crippen LogP contribution in [0.3, 0.4) is 0 Å². The van der Waals surface area contributed by atoms with E-state index < -0.39 is 46.1 Å². The van der Waals surface area contributed by atoms with Gasteiger partial charge in [0, 0.05) is 25.6 Å². The highest BCUT2D eigenvalue weighted by atomic mass is 32.2. The molecule has 1 N–H and O–H groups in total. The van der Waals surface area contributed by atoms with Crippen molar-refractivity contribution >= 4 is 27.5 Å².